The van der Waals surface area contributed by atoms with Crippen LogP contribution in [-0.4, -0.2) is 55.3 Å². The molecule has 2 aromatic rings. The lowest BCUT2D eigenvalue weighted by Gasteiger charge is -2.24. The zero-order valence-corrected chi connectivity index (χ0v) is 17.3. The Kier molecular flexibility index (Phi) is 6.11. The lowest BCUT2D eigenvalue weighted by atomic mass is 10.1. The number of thiophene rings is 1. The fourth-order valence-electron chi connectivity index (χ4n) is 3.10. The molecule has 0 spiro atoms. The van der Waals surface area contributed by atoms with E-state index in [0.29, 0.717) is 12.8 Å². The van der Waals surface area contributed by atoms with Gasteiger partial charge in [0.25, 0.3) is 0 Å². The molecule has 1 fully saturated rings. The first-order valence-electron chi connectivity index (χ1n) is 8.45. The average Bonchev–Trinajstić information content (AvgIpc) is 3.28. The van der Waals surface area contributed by atoms with E-state index in [-0.39, 0.29) is 36.0 Å². The molecule has 2 aromatic heterocycles. The molecule has 1 saturated heterocycles. The van der Waals surface area contributed by atoms with Crippen molar-refractivity contribution in [3.8, 4) is 0 Å². The number of aromatic nitrogens is 1. The van der Waals surface area contributed by atoms with Crippen molar-refractivity contribution >= 4 is 38.4 Å². The van der Waals surface area contributed by atoms with E-state index in [1.807, 2.05) is 29.6 Å². The number of aryl methyl sites for hydroxylation is 1. The average molecular weight is 414 g/mol. The lowest BCUT2D eigenvalue weighted by Crippen LogP contribution is -2.42. The van der Waals surface area contributed by atoms with Crippen molar-refractivity contribution in [3.63, 3.8) is 0 Å². The summed E-state index contributed by atoms with van der Waals surface area (Å²) in [5.41, 5.74) is 2.12. The molecule has 9 heteroatoms. The first kappa shape index (κ1) is 19.5. The summed E-state index contributed by atoms with van der Waals surface area (Å²) in [6.45, 7) is 2.13. The molecule has 0 radical (unpaired) electrons. The molecule has 0 aliphatic carbocycles. The van der Waals surface area contributed by atoms with Crippen molar-refractivity contribution in [1.82, 2.24) is 15.2 Å². The summed E-state index contributed by atoms with van der Waals surface area (Å²) in [7, 11) is -1.14. The van der Waals surface area contributed by atoms with Crippen LogP contribution in [0.25, 0.3) is 0 Å². The number of rotatable bonds is 7. The van der Waals surface area contributed by atoms with Crippen LogP contribution in [0.15, 0.2) is 22.2 Å². The summed E-state index contributed by atoms with van der Waals surface area (Å²) >= 11 is 3.18. The number of amides is 1. The molecule has 26 heavy (non-hydrogen) atoms. The van der Waals surface area contributed by atoms with Crippen LogP contribution in [-0.2, 0) is 21.1 Å². The Morgan fingerprint density at radius 3 is 2.85 bits per heavy atom. The van der Waals surface area contributed by atoms with Crippen LogP contribution in [0, 0.1) is 6.92 Å². The van der Waals surface area contributed by atoms with Crippen molar-refractivity contribution in [1.29, 1.82) is 0 Å². The maximum atomic E-state index is 12.6. The minimum Gasteiger partial charge on any atom is -0.345 e. The standard InChI is InChI=1S/C17H23N3O3S3/c1-12-9-25-17(18-12)15(7-13-3-5-24-10-13)19-16(21)8-20(2)14-4-6-26(22,23)11-14/h3,5,9-10,14-15H,4,6-8,11H2,1-2H3,(H,19,21). The van der Waals surface area contributed by atoms with Gasteiger partial charge in [0.2, 0.25) is 5.91 Å². The van der Waals surface area contributed by atoms with Gasteiger partial charge in [0.1, 0.15) is 5.01 Å². The molecule has 2 unspecified atom stereocenters. The third kappa shape index (κ3) is 5.12. The Bertz CT molecular complexity index is 846. The van der Waals surface area contributed by atoms with E-state index in [4.69, 9.17) is 0 Å². The Labute approximate surface area is 162 Å². The topological polar surface area (TPSA) is 79.4 Å². The van der Waals surface area contributed by atoms with Gasteiger partial charge < -0.3 is 5.32 Å². The van der Waals surface area contributed by atoms with E-state index < -0.39 is 9.84 Å². The Morgan fingerprint density at radius 1 is 1.46 bits per heavy atom. The molecule has 0 aromatic carbocycles. The van der Waals surface area contributed by atoms with E-state index in [9.17, 15) is 13.2 Å². The highest BCUT2D eigenvalue weighted by atomic mass is 32.2. The van der Waals surface area contributed by atoms with Crippen molar-refractivity contribution < 1.29 is 13.2 Å². The second kappa shape index (κ2) is 8.16. The molecule has 1 aliphatic heterocycles. The smallest absolute Gasteiger partial charge is 0.234 e. The second-order valence-corrected chi connectivity index (χ2v) is 10.7. The molecule has 0 bridgehead atoms. The summed E-state index contributed by atoms with van der Waals surface area (Å²) in [5.74, 6) is 0.244. The quantitative estimate of drug-likeness (QED) is 0.751. The van der Waals surface area contributed by atoms with Crippen LogP contribution >= 0.6 is 22.7 Å². The van der Waals surface area contributed by atoms with E-state index >= 15 is 0 Å². The highest BCUT2D eigenvalue weighted by molar-refractivity contribution is 7.91. The molecule has 6 nitrogen and oxygen atoms in total. The minimum absolute atomic E-state index is 0.0804. The van der Waals surface area contributed by atoms with Crippen LogP contribution in [0.2, 0.25) is 0 Å². The maximum absolute atomic E-state index is 12.6. The van der Waals surface area contributed by atoms with Gasteiger partial charge in [-0.3, -0.25) is 9.69 Å². The van der Waals surface area contributed by atoms with Crippen molar-refractivity contribution in [2.45, 2.75) is 31.8 Å². The molecule has 1 amide bonds. The van der Waals surface area contributed by atoms with E-state index in [0.717, 1.165) is 10.7 Å². The highest BCUT2D eigenvalue weighted by Crippen LogP contribution is 2.23. The third-order valence-corrected chi connectivity index (χ3v) is 8.07. The molecule has 1 N–H and O–H groups in total. The van der Waals surface area contributed by atoms with Gasteiger partial charge in [0.15, 0.2) is 9.84 Å². The molecule has 3 rings (SSSR count). The molecular formula is C17H23N3O3S3. The summed E-state index contributed by atoms with van der Waals surface area (Å²) in [4.78, 5) is 18.9. The van der Waals surface area contributed by atoms with Gasteiger partial charge in [-0.1, -0.05) is 0 Å². The number of thiazole rings is 1. The summed E-state index contributed by atoms with van der Waals surface area (Å²) in [5, 5.41) is 10.1. The maximum Gasteiger partial charge on any atom is 0.234 e. The van der Waals surface area contributed by atoms with Gasteiger partial charge in [-0.05, 0) is 42.8 Å². The predicted molar refractivity (Wildman–Crippen MR) is 105 cm³/mol. The minimum atomic E-state index is -2.95. The molecular weight excluding hydrogens is 390 g/mol. The Hall–Kier alpha value is -1.29. The van der Waals surface area contributed by atoms with Gasteiger partial charge >= 0.3 is 0 Å². The second-order valence-electron chi connectivity index (χ2n) is 6.75. The summed E-state index contributed by atoms with van der Waals surface area (Å²) in [6, 6.07) is 1.81. The van der Waals surface area contributed by atoms with Crippen molar-refractivity contribution in [3.05, 3.63) is 38.5 Å². The van der Waals surface area contributed by atoms with Gasteiger partial charge in [0, 0.05) is 23.5 Å². The number of hydrogen-bond donors (Lipinski definition) is 1. The van der Waals surface area contributed by atoms with Crippen LogP contribution in [0.5, 0.6) is 0 Å². The molecule has 142 valence electrons. The normalized spacial score (nSPS) is 20.3. The van der Waals surface area contributed by atoms with Crippen LogP contribution in [0.3, 0.4) is 0 Å². The van der Waals surface area contributed by atoms with Crippen molar-refractivity contribution in [2.75, 3.05) is 25.1 Å². The van der Waals surface area contributed by atoms with E-state index in [2.05, 4.69) is 21.7 Å². The van der Waals surface area contributed by atoms with Crippen LogP contribution in [0.1, 0.15) is 28.7 Å². The fraction of sp³-hybridized carbons (Fsp3) is 0.529. The zero-order chi connectivity index (χ0) is 18.7. The SMILES string of the molecule is Cc1csc(C(Cc2ccsc2)NC(=O)CN(C)C2CCS(=O)(=O)C2)n1. The summed E-state index contributed by atoms with van der Waals surface area (Å²) < 4.78 is 23.3. The number of sulfone groups is 1. The Morgan fingerprint density at radius 2 is 2.27 bits per heavy atom. The van der Waals surface area contributed by atoms with E-state index in [1.165, 1.54) is 5.56 Å². The third-order valence-electron chi connectivity index (χ3n) is 4.51. The number of likely N-dealkylation sites (N-methyl/N-ethyl adjacent to an activating group) is 1. The number of carbonyl (C=O) groups excluding carboxylic acids is 1. The molecule has 2 atom stereocenters. The van der Waals surface area contributed by atoms with Gasteiger partial charge in [-0.25, -0.2) is 13.4 Å². The lowest BCUT2D eigenvalue weighted by molar-refractivity contribution is -0.123. The van der Waals surface area contributed by atoms with Crippen LogP contribution < -0.4 is 5.32 Å². The van der Waals surface area contributed by atoms with Crippen LogP contribution in [0.4, 0.5) is 0 Å². The van der Waals surface area contributed by atoms with Crippen molar-refractivity contribution in [2.24, 2.45) is 0 Å². The first-order chi connectivity index (χ1) is 12.3. The van der Waals surface area contributed by atoms with E-state index in [1.54, 1.807) is 22.7 Å². The number of carbonyl (C=O) groups is 1. The monoisotopic (exact) mass is 413 g/mol. The highest BCUT2D eigenvalue weighted by Gasteiger charge is 2.31. The van der Waals surface area contributed by atoms with Gasteiger partial charge in [-0.2, -0.15) is 11.3 Å². The number of hydrogen-bond acceptors (Lipinski definition) is 7. The Balaban J connectivity index is 1.63. The number of nitrogens with one attached hydrogen (secondary N) is 1. The molecule has 0 saturated carbocycles. The molecule has 1 aliphatic rings. The summed E-state index contributed by atoms with van der Waals surface area (Å²) in [6.07, 6.45) is 1.29. The first-order valence-corrected chi connectivity index (χ1v) is 12.1. The largest absolute Gasteiger partial charge is 0.345 e. The molecule has 3 heterocycles. The fourth-order valence-corrected chi connectivity index (χ4v) is 6.43. The number of nitrogens with zero attached hydrogens (tertiary/aromatic N) is 2. The van der Waals surface area contributed by atoms with Gasteiger partial charge in [-0.15, -0.1) is 11.3 Å². The predicted octanol–water partition coefficient (Wildman–Crippen LogP) is 2.03. The zero-order valence-electron chi connectivity index (χ0n) is 14.8. The van der Waals surface area contributed by atoms with Gasteiger partial charge in [0.05, 0.1) is 24.1 Å².